The van der Waals surface area contributed by atoms with E-state index >= 15 is 0 Å². The fourth-order valence-electron chi connectivity index (χ4n) is 3.65. The molecule has 4 aromatic rings. The topological polar surface area (TPSA) is 143 Å². The number of carbonyl (C=O) groups excluding carboxylic acids is 1. The van der Waals surface area contributed by atoms with Gasteiger partial charge >= 0.3 is 0 Å². The molecule has 1 heterocycles. The molecule has 0 radical (unpaired) electrons. The van der Waals surface area contributed by atoms with Crippen LogP contribution in [0.4, 0.5) is 11.4 Å². The molecule has 3 aromatic carbocycles. The molecule has 10 heteroatoms. The second-order valence-corrected chi connectivity index (χ2v) is 8.26. The van der Waals surface area contributed by atoms with E-state index in [4.69, 9.17) is 9.47 Å². The first-order valence-corrected chi connectivity index (χ1v) is 11.2. The monoisotopic (exact) mass is 497 g/mol. The fraction of sp³-hybridized carbons (Fsp3) is 0.148. The van der Waals surface area contributed by atoms with Crippen LogP contribution in [0.2, 0.25) is 0 Å². The number of aromatic amines is 1. The second-order valence-electron chi connectivity index (χ2n) is 8.26. The van der Waals surface area contributed by atoms with Crippen LogP contribution in [-0.2, 0) is 4.79 Å². The summed E-state index contributed by atoms with van der Waals surface area (Å²) in [4.78, 5) is 30.4. The lowest BCUT2D eigenvalue weighted by atomic mass is 10.1. The number of aryl methyl sites for hydroxylation is 2. The largest absolute Gasteiger partial charge is 0.493 e. The molecule has 4 rings (SSSR count). The minimum absolute atomic E-state index is 0.131. The number of fused-ring (bicyclic) bond motifs is 1. The molecule has 0 fully saturated rings. The molecule has 1 amide bonds. The predicted octanol–water partition coefficient (Wildman–Crippen LogP) is 5.18. The maximum Gasteiger partial charge on any atom is 0.271 e. The zero-order chi connectivity index (χ0) is 26.5. The number of allylic oxidation sites excluding steroid dienone is 1. The highest BCUT2D eigenvalue weighted by Crippen LogP contribution is 2.30. The van der Waals surface area contributed by atoms with E-state index in [1.807, 2.05) is 26.0 Å². The summed E-state index contributed by atoms with van der Waals surface area (Å²) in [5.74, 6) is 0.653. The molecule has 1 aromatic heterocycles. The van der Waals surface area contributed by atoms with Crippen LogP contribution in [0.3, 0.4) is 0 Å². The number of H-pyrrole nitrogens is 1. The van der Waals surface area contributed by atoms with Gasteiger partial charge in [0.25, 0.3) is 11.6 Å². The van der Waals surface area contributed by atoms with Crippen molar-refractivity contribution in [2.75, 3.05) is 19.0 Å². The third-order valence-corrected chi connectivity index (χ3v) is 5.67. The number of ether oxygens (including phenoxy) is 2. The minimum atomic E-state index is -0.541. The molecular formula is C27H23N5O5. The van der Waals surface area contributed by atoms with Crippen molar-refractivity contribution in [2.45, 2.75) is 13.8 Å². The first-order chi connectivity index (χ1) is 17.8. The molecular weight excluding hydrogens is 474 g/mol. The van der Waals surface area contributed by atoms with E-state index in [0.29, 0.717) is 28.5 Å². The zero-order valence-electron chi connectivity index (χ0n) is 20.4. The summed E-state index contributed by atoms with van der Waals surface area (Å²) in [5.41, 5.74) is 5.06. The lowest BCUT2D eigenvalue weighted by Crippen LogP contribution is -2.20. The number of imidazole rings is 1. The molecule has 0 atom stereocenters. The normalized spacial score (nSPS) is 11.1. The highest BCUT2D eigenvalue weighted by Gasteiger charge is 2.13. The number of aromatic nitrogens is 2. The zero-order valence-corrected chi connectivity index (χ0v) is 20.4. The standard InChI is InChI=1S/C27H23N5O5/c1-16-9-22-23(10-17(16)2)31-27(30-22)19(14-28)11-18-7-8-24(25(12-18)36-3)37-15-26(33)29-20-5-4-6-21(13-20)32(34)35/h4-13H,15H2,1-3H3,(H,29,33)(H,30,31)/b19-11-. The molecule has 0 saturated heterocycles. The smallest absolute Gasteiger partial charge is 0.271 e. The van der Waals surface area contributed by atoms with Crippen molar-refractivity contribution in [3.05, 3.63) is 87.2 Å². The molecule has 0 spiro atoms. The average Bonchev–Trinajstić information content (AvgIpc) is 3.28. The summed E-state index contributed by atoms with van der Waals surface area (Å²) in [7, 11) is 1.47. The molecule has 0 aliphatic heterocycles. The van der Waals surface area contributed by atoms with Gasteiger partial charge in [0.15, 0.2) is 18.1 Å². The van der Waals surface area contributed by atoms with Crippen LogP contribution < -0.4 is 14.8 Å². The summed E-state index contributed by atoms with van der Waals surface area (Å²) < 4.78 is 11.0. The Bertz CT molecular complexity index is 1540. The third kappa shape index (κ3) is 5.74. The number of rotatable bonds is 8. The highest BCUT2D eigenvalue weighted by atomic mass is 16.6. The van der Waals surface area contributed by atoms with Crippen LogP contribution in [0.15, 0.2) is 54.6 Å². The number of nitriles is 1. The SMILES string of the molecule is COc1cc(/C=C(/C#N)c2nc3cc(C)c(C)cc3[nH]2)ccc1OCC(=O)Nc1cccc([N+](=O)[O-])c1. The summed E-state index contributed by atoms with van der Waals surface area (Å²) in [5, 5.41) is 23.2. The molecule has 186 valence electrons. The first-order valence-electron chi connectivity index (χ1n) is 11.2. The van der Waals surface area contributed by atoms with Gasteiger partial charge in [-0.3, -0.25) is 14.9 Å². The second kappa shape index (κ2) is 10.6. The van der Waals surface area contributed by atoms with Gasteiger partial charge in [-0.1, -0.05) is 12.1 Å². The summed E-state index contributed by atoms with van der Waals surface area (Å²) in [6, 6.07) is 16.8. The number of nitrogens with one attached hydrogen (secondary N) is 2. The van der Waals surface area contributed by atoms with E-state index < -0.39 is 10.8 Å². The Morgan fingerprint density at radius 3 is 2.68 bits per heavy atom. The Hall–Kier alpha value is -5.17. The van der Waals surface area contributed by atoms with Gasteiger partial charge in [0, 0.05) is 17.8 Å². The number of nitro groups is 1. The molecule has 37 heavy (non-hydrogen) atoms. The van der Waals surface area contributed by atoms with E-state index in [2.05, 4.69) is 21.4 Å². The Morgan fingerprint density at radius 2 is 1.95 bits per heavy atom. The molecule has 0 unspecified atom stereocenters. The maximum atomic E-state index is 12.3. The van der Waals surface area contributed by atoms with E-state index in [9.17, 15) is 20.2 Å². The highest BCUT2D eigenvalue weighted by molar-refractivity contribution is 5.92. The van der Waals surface area contributed by atoms with Crippen LogP contribution in [0, 0.1) is 35.3 Å². The molecule has 0 saturated carbocycles. The van der Waals surface area contributed by atoms with Gasteiger partial charge in [0.05, 0.1) is 28.6 Å². The minimum Gasteiger partial charge on any atom is -0.493 e. The van der Waals surface area contributed by atoms with Crippen molar-refractivity contribution in [3.63, 3.8) is 0 Å². The number of hydrogen-bond donors (Lipinski definition) is 2. The molecule has 0 aliphatic rings. The van der Waals surface area contributed by atoms with Crippen LogP contribution in [0.1, 0.15) is 22.5 Å². The van der Waals surface area contributed by atoms with Gasteiger partial charge in [0.1, 0.15) is 11.9 Å². The molecule has 2 N–H and O–H groups in total. The van der Waals surface area contributed by atoms with Crippen molar-refractivity contribution in [1.82, 2.24) is 9.97 Å². The lowest BCUT2D eigenvalue weighted by Gasteiger charge is -2.11. The van der Waals surface area contributed by atoms with Crippen molar-refractivity contribution >= 4 is 40.0 Å². The number of nitro benzene ring substituents is 1. The molecule has 0 aliphatic carbocycles. The van der Waals surface area contributed by atoms with Crippen molar-refractivity contribution in [3.8, 4) is 17.6 Å². The van der Waals surface area contributed by atoms with Crippen molar-refractivity contribution < 1.29 is 19.2 Å². The number of anilines is 1. The Morgan fingerprint density at radius 1 is 1.16 bits per heavy atom. The quantitative estimate of drug-likeness (QED) is 0.194. The van der Waals surface area contributed by atoms with Crippen LogP contribution >= 0.6 is 0 Å². The van der Waals surface area contributed by atoms with Gasteiger partial charge in [0.2, 0.25) is 0 Å². The van der Waals surface area contributed by atoms with E-state index in [-0.39, 0.29) is 18.0 Å². The Kier molecular flexibility index (Phi) is 7.16. The summed E-state index contributed by atoms with van der Waals surface area (Å²) in [6.07, 6.45) is 1.68. The van der Waals surface area contributed by atoms with E-state index in [1.54, 1.807) is 30.3 Å². The van der Waals surface area contributed by atoms with Gasteiger partial charge in [-0.05, 0) is 66.9 Å². The lowest BCUT2D eigenvalue weighted by molar-refractivity contribution is -0.384. The Balaban J connectivity index is 1.49. The number of non-ortho nitro benzene ring substituents is 1. The van der Waals surface area contributed by atoms with E-state index in [1.165, 1.54) is 25.3 Å². The Labute approximate surface area is 212 Å². The summed E-state index contributed by atoms with van der Waals surface area (Å²) >= 11 is 0. The van der Waals surface area contributed by atoms with Crippen molar-refractivity contribution in [2.24, 2.45) is 0 Å². The number of carbonyl (C=O) groups is 1. The number of benzene rings is 3. The van der Waals surface area contributed by atoms with Crippen LogP contribution in [0.5, 0.6) is 11.5 Å². The number of nitrogens with zero attached hydrogens (tertiary/aromatic N) is 3. The molecule has 10 nitrogen and oxygen atoms in total. The third-order valence-electron chi connectivity index (χ3n) is 5.67. The van der Waals surface area contributed by atoms with Gasteiger partial charge in [-0.2, -0.15) is 5.26 Å². The van der Waals surface area contributed by atoms with Crippen LogP contribution in [-0.4, -0.2) is 34.5 Å². The van der Waals surface area contributed by atoms with Crippen LogP contribution in [0.25, 0.3) is 22.7 Å². The van der Waals surface area contributed by atoms with E-state index in [0.717, 1.165) is 22.2 Å². The fourth-order valence-corrected chi connectivity index (χ4v) is 3.65. The average molecular weight is 498 g/mol. The number of amides is 1. The van der Waals surface area contributed by atoms with Gasteiger partial charge < -0.3 is 19.8 Å². The molecule has 0 bridgehead atoms. The number of hydrogen-bond acceptors (Lipinski definition) is 7. The number of methoxy groups -OCH3 is 1. The van der Waals surface area contributed by atoms with Gasteiger partial charge in [-0.25, -0.2) is 4.98 Å². The maximum absolute atomic E-state index is 12.3. The van der Waals surface area contributed by atoms with Crippen molar-refractivity contribution in [1.29, 1.82) is 5.26 Å². The summed E-state index contributed by atoms with van der Waals surface area (Å²) in [6.45, 7) is 3.69. The predicted molar refractivity (Wildman–Crippen MR) is 139 cm³/mol. The van der Waals surface area contributed by atoms with Gasteiger partial charge in [-0.15, -0.1) is 0 Å². The first kappa shape index (κ1) is 24.9.